The molecule has 90 valence electrons. The highest BCUT2D eigenvalue weighted by atomic mass is 32.2. The van der Waals surface area contributed by atoms with Crippen LogP contribution in [0.3, 0.4) is 0 Å². The number of nitrogens with one attached hydrogen (secondary N) is 2. The Balaban J connectivity index is 2.43. The molecule has 0 saturated heterocycles. The average molecular weight is 242 g/mol. The van der Waals surface area contributed by atoms with Crippen LogP contribution in [0.25, 0.3) is 0 Å². The quantitative estimate of drug-likeness (QED) is 0.739. The first kappa shape index (κ1) is 13.0. The van der Waals surface area contributed by atoms with Gasteiger partial charge >= 0.3 is 0 Å². The number of aromatic nitrogens is 3. The maximum absolute atomic E-state index is 11.6. The van der Waals surface area contributed by atoms with E-state index in [0.29, 0.717) is 5.16 Å². The van der Waals surface area contributed by atoms with Crippen LogP contribution in [0.2, 0.25) is 0 Å². The molecule has 1 amide bonds. The van der Waals surface area contributed by atoms with Crippen molar-refractivity contribution in [1.29, 1.82) is 0 Å². The fourth-order valence-electron chi connectivity index (χ4n) is 1.09. The number of rotatable bonds is 6. The van der Waals surface area contributed by atoms with Gasteiger partial charge in [0.2, 0.25) is 11.1 Å². The van der Waals surface area contributed by atoms with Crippen LogP contribution < -0.4 is 5.32 Å². The third-order valence-electron chi connectivity index (χ3n) is 2.05. The van der Waals surface area contributed by atoms with E-state index >= 15 is 0 Å². The second-order valence-electron chi connectivity index (χ2n) is 3.47. The number of carbonyl (C=O) groups is 1. The van der Waals surface area contributed by atoms with Crippen LogP contribution in [-0.4, -0.2) is 32.9 Å². The van der Waals surface area contributed by atoms with Crippen molar-refractivity contribution in [1.82, 2.24) is 20.5 Å². The lowest BCUT2D eigenvalue weighted by molar-refractivity contribution is -0.120. The van der Waals surface area contributed by atoms with Crippen molar-refractivity contribution in [3.63, 3.8) is 0 Å². The Hall–Kier alpha value is -1.04. The van der Waals surface area contributed by atoms with Crippen molar-refractivity contribution in [3.05, 3.63) is 5.82 Å². The second-order valence-corrected chi connectivity index (χ2v) is 4.78. The summed E-state index contributed by atoms with van der Waals surface area (Å²) < 4.78 is 0. The number of hydrogen-bond acceptors (Lipinski definition) is 4. The molecule has 5 nitrogen and oxygen atoms in total. The molecular weight excluding hydrogens is 224 g/mol. The molecule has 1 unspecified atom stereocenters. The Labute approximate surface area is 99.8 Å². The maximum Gasteiger partial charge on any atom is 0.233 e. The highest BCUT2D eigenvalue weighted by Gasteiger charge is 2.15. The summed E-state index contributed by atoms with van der Waals surface area (Å²) in [5, 5.41) is 10.2. The molecule has 0 aliphatic heterocycles. The lowest BCUT2D eigenvalue weighted by Crippen LogP contribution is -2.31. The van der Waals surface area contributed by atoms with Crippen LogP contribution in [0.15, 0.2) is 5.16 Å². The minimum absolute atomic E-state index is 0.0368. The minimum Gasteiger partial charge on any atom is -0.355 e. The number of hydrogen-bond donors (Lipinski definition) is 2. The Morgan fingerprint density at radius 1 is 1.56 bits per heavy atom. The van der Waals surface area contributed by atoms with Crippen molar-refractivity contribution in [2.75, 3.05) is 6.54 Å². The molecule has 2 N–H and O–H groups in total. The summed E-state index contributed by atoms with van der Waals surface area (Å²) >= 11 is 1.37. The van der Waals surface area contributed by atoms with Gasteiger partial charge in [0, 0.05) is 13.0 Å². The summed E-state index contributed by atoms with van der Waals surface area (Å²) in [6.07, 6.45) is 1.77. The van der Waals surface area contributed by atoms with Crippen molar-refractivity contribution < 1.29 is 4.79 Å². The minimum atomic E-state index is -0.160. The van der Waals surface area contributed by atoms with Crippen LogP contribution >= 0.6 is 11.8 Å². The van der Waals surface area contributed by atoms with Crippen molar-refractivity contribution >= 4 is 17.7 Å². The van der Waals surface area contributed by atoms with Crippen LogP contribution in [0.4, 0.5) is 0 Å². The molecule has 6 heteroatoms. The van der Waals surface area contributed by atoms with Gasteiger partial charge in [0.05, 0.1) is 5.25 Å². The largest absolute Gasteiger partial charge is 0.355 e. The topological polar surface area (TPSA) is 70.7 Å². The molecule has 0 bridgehead atoms. The molecule has 1 aromatic rings. The number of carbonyl (C=O) groups excluding carboxylic acids is 1. The summed E-state index contributed by atoms with van der Waals surface area (Å²) in [6.45, 7) is 6.61. The van der Waals surface area contributed by atoms with Gasteiger partial charge in [-0.15, -0.1) is 5.10 Å². The molecular formula is C10H18N4OS. The first-order valence-electron chi connectivity index (χ1n) is 5.53. The zero-order valence-corrected chi connectivity index (χ0v) is 10.7. The van der Waals surface area contributed by atoms with Crippen molar-refractivity contribution in [2.45, 2.75) is 44.0 Å². The smallest absolute Gasteiger partial charge is 0.233 e. The van der Waals surface area contributed by atoms with E-state index in [1.165, 1.54) is 11.8 Å². The summed E-state index contributed by atoms with van der Waals surface area (Å²) in [4.78, 5) is 15.8. The standard InChI is InChI=1S/C10H18N4OS/c1-4-6-11-9(15)7(3)16-10-12-8(5-2)13-14-10/h7H,4-6H2,1-3H3,(H,11,15)(H,12,13,14). The zero-order valence-electron chi connectivity index (χ0n) is 9.91. The van der Waals surface area contributed by atoms with Gasteiger partial charge in [0.1, 0.15) is 5.82 Å². The molecule has 0 aliphatic rings. The van der Waals surface area contributed by atoms with Gasteiger partial charge in [0.25, 0.3) is 0 Å². The first-order valence-corrected chi connectivity index (χ1v) is 6.41. The molecule has 0 aromatic carbocycles. The van der Waals surface area contributed by atoms with E-state index in [2.05, 4.69) is 20.5 Å². The molecule has 0 saturated carbocycles. The molecule has 1 heterocycles. The highest BCUT2D eigenvalue weighted by Crippen LogP contribution is 2.18. The molecule has 0 aliphatic carbocycles. The molecule has 1 aromatic heterocycles. The van der Waals surface area contributed by atoms with Gasteiger partial charge in [-0.2, -0.15) is 0 Å². The van der Waals surface area contributed by atoms with E-state index in [-0.39, 0.29) is 11.2 Å². The monoisotopic (exact) mass is 242 g/mol. The normalized spacial score (nSPS) is 12.4. The first-order chi connectivity index (χ1) is 7.67. The van der Waals surface area contributed by atoms with Crippen molar-refractivity contribution in [2.24, 2.45) is 0 Å². The second kappa shape index (κ2) is 6.52. The van der Waals surface area contributed by atoms with Crippen LogP contribution in [0.1, 0.15) is 33.0 Å². The third kappa shape index (κ3) is 3.84. The molecule has 0 spiro atoms. The van der Waals surface area contributed by atoms with Gasteiger partial charge in [0.15, 0.2) is 0 Å². The predicted molar refractivity (Wildman–Crippen MR) is 64.4 cm³/mol. The third-order valence-corrected chi connectivity index (χ3v) is 3.01. The molecule has 1 rings (SSSR count). The van der Waals surface area contributed by atoms with Gasteiger partial charge in [-0.3, -0.25) is 9.89 Å². The van der Waals surface area contributed by atoms with Gasteiger partial charge in [-0.05, 0) is 13.3 Å². The van der Waals surface area contributed by atoms with E-state index in [1.54, 1.807) is 0 Å². The Bertz CT molecular complexity index is 339. The van der Waals surface area contributed by atoms with E-state index in [9.17, 15) is 4.79 Å². The maximum atomic E-state index is 11.6. The zero-order chi connectivity index (χ0) is 12.0. The summed E-state index contributed by atoms with van der Waals surface area (Å²) in [5.74, 6) is 0.887. The van der Waals surface area contributed by atoms with Crippen LogP contribution in [0, 0.1) is 0 Å². The highest BCUT2D eigenvalue weighted by molar-refractivity contribution is 8.00. The fraction of sp³-hybridized carbons (Fsp3) is 0.700. The number of thioether (sulfide) groups is 1. The Morgan fingerprint density at radius 3 is 2.88 bits per heavy atom. The average Bonchev–Trinajstić information content (AvgIpc) is 2.73. The number of aromatic amines is 1. The SMILES string of the molecule is CCCNC(=O)C(C)Sc1n[nH]c(CC)n1. The summed E-state index contributed by atoms with van der Waals surface area (Å²) in [7, 11) is 0. The number of nitrogens with zero attached hydrogens (tertiary/aromatic N) is 2. The van der Waals surface area contributed by atoms with Gasteiger partial charge in [-0.1, -0.05) is 25.6 Å². The number of amides is 1. The van der Waals surface area contributed by atoms with E-state index in [1.807, 2.05) is 20.8 Å². The van der Waals surface area contributed by atoms with Crippen molar-refractivity contribution in [3.8, 4) is 0 Å². The summed E-state index contributed by atoms with van der Waals surface area (Å²) in [6, 6.07) is 0. The van der Waals surface area contributed by atoms with E-state index in [0.717, 1.165) is 25.2 Å². The molecule has 1 atom stereocenters. The van der Waals surface area contributed by atoms with Gasteiger partial charge < -0.3 is 5.32 Å². The van der Waals surface area contributed by atoms with E-state index < -0.39 is 0 Å². The lowest BCUT2D eigenvalue weighted by Gasteiger charge is -2.08. The lowest BCUT2D eigenvalue weighted by atomic mass is 10.4. The number of aryl methyl sites for hydroxylation is 1. The molecule has 0 radical (unpaired) electrons. The molecule has 16 heavy (non-hydrogen) atoms. The Morgan fingerprint density at radius 2 is 2.31 bits per heavy atom. The van der Waals surface area contributed by atoms with Gasteiger partial charge in [-0.25, -0.2) is 4.98 Å². The molecule has 0 fully saturated rings. The fourth-order valence-corrected chi connectivity index (χ4v) is 1.86. The summed E-state index contributed by atoms with van der Waals surface area (Å²) in [5.41, 5.74) is 0. The number of H-pyrrole nitrogens is 1. The van der Waals surface area contributed by atoms with Crippen LogP contribution in [0.5, 0.6) is 0 Å². The van der Waals surface area contributed by atoms with E-state index in [4.69, 9.17) is 0 Å². The Kier molecular flexibility index (Phi) is 5.31. The van der Waals surface area contributed by atoms with Crippen LogP contribution in [-0.2, 0) is 11.2 Å². The predicted octanol–water partition coefficient (Wildman–Crippen LogP) is 1.37.